The molecule has 3 N–H and O–H groups in total. The molecule has 0 amide bonds. The van der Waals surface area contributed by atoms with Crippen LogP contribution in [0.15, 0.2) is 10.7 Å². The molecule has 0 bridgehead atoms. The van der Waals surface area contributed by atoms with Crippen molar-refractivity contribution in [1.29, 1.82) is 0 Å². The third-order valence-electron chi connectivity index (χ3n) is 4.16. The van der Waals surface area contributed by atoms with Crippen LogP contribution in [0.3, 0.4) is 0 Å². The van der Waals surface area contributed by atoms with Crippen molar-refractivity contribution in [2.24, 2.45) is 11.7 Å². The molecule has 2 saturated carbocycles. The number of H-pyrrole nitrogens is 1. The summed E-state index contributed by atoms with van der Waals surface area (Å²) in [7, 11) is 0. The van der Waals surface area contributed by atoms with Crippen molar-refractivity contribution in [3.63, 3.8) is 0 Å². The van der Waals surface area contributed by atoms with Gasteiger partial charge in [-0.2, -0.15) is 4.98 Å². The van der Waals surface area contributed by atoms with E-state index in [-0.39, 0.29) is 5.54 Å². The van der Waals surface area contributed by atoms with E-state index in [9.17, 15) is 0 Å². The van der Waals surface area contributed by atoms with Crippen molar-refractivity contribution in [3.05, 3.63) is 17.8 Å². The maximum absolute atomic E-state index is 6.23. The third-order valence-corrected chi connectivity index (χ3v) is 4.16. The van der Waals surface area contributed by atoms with Gasteiger partial charge in [-0.1, -0.05) is 5.16 Å². The fourth-order valence-electron chi connectivity index (χ4n) is 2.50. The minimum Gasteiger partial charge on any atom is -0.336 e. The number of nitrogens with two attached hydrogens (primary N) is 1. The van der Waals surface area contributed by atoms with Crippen LogP contribution in [-0.2, 0) is 12.0 Å². The molecule has 0 saturated heterocycles. The van der Waals surface area contributed by atoms with Crippen LogP contribution >= 0.6 is 0 Å². The summed E-state index contributed by atoms with van der Waals surface area (Å²) in [6.07, 6.45) is 8.36. The van der Waals surface area contributed by atoms with E-state index in [1.54, 1.807) is 6.20 Å². The summed E-state index contributed by atoms with van der Waals surface area (Å²) in [5, 5.41) is 4.01. The molecule has 2 aliphatic rings. The Labute approximate surface area is 110 Å². The van der Waals surface area contributed by atoms with Crippen molar-refractivity contribution in [3.8, 4) is 11.6 Å². The van der Waals surface area contributed by atoms with E-state index >= 15 is 0 Å². The van der Waals surface area contributed by atoms with Gasteiger partial charge in [0.2, 0.25) is 0 Å². The van der Waals surface area contributed by atoms with E-state index in [1.807, 2.05) is 0 Å². The van der Waals surface area contributed by atoms with Crippen LogP contribution in [0.25, 0.3) is 11.6 Å². The van der Waals surface area contributed by atoms with Crippen LogP contribution in [0.4, 0.5) is 0 Å². The van der Waals surface area contributed by atoms with E-state index in [0.717, 1.165) is 42.5 Å². The number of hydrogen-bond donors (Lipinski definition) is 2. The van der Waals surface area contributed by atoms with Crippen LogP contribution < -0.4 is 5.73 Å². The van der Waals surface area contributed by atoms with Gasteiger partial charge in [0.25, 0.3) is 5.89 Å². The highest BCUT2D eigenvalue weighted by Gasteiger charge is 2.37. The lowest BCUT2D eigenvalue weighted by atomic mass is 9.77. The first-order valence-corrected chi connectivity index (χ1v) is 6.90. The molecule has 19 heavy (non-hydrogen) atoms. The molecule has 0 spiro atoms. The number of nitrogens with zero attached hydrogens (tertiary/aromatic N) is 3. The smallest absolute Gasteiger partial charge is 0.275 e. The molecule has 100 valence electrons. The third kappa shape index (κ3) is 1.96. The van der Waals surface area contributed by atoms with Gasteiger partial charge in [-0.05, 0) is 38.0 Å². The average molecular weight is 259 g/mol. The lowest BCUT2D eigenvalue weighted by Gasteiger charge is -2.35. The first-order valence-electron chi connectivity index (χ1n) is 6.90. The number of hydrogen-bond acceptors (Lipinski definition) is 5. The number of aromatic nitrogens is 4. The van der Waals surface area contributed by atoms with E-state index in [1.165, 1.54) is 19.3 Å². The normalized spacial score (nSPS) is 21.3. The summed E-state index contributed by atoms with van der Waals surface area (Å²) in [5.41, 5.74) is 6.72. The first kappa shape index (κ1) is 11.2. The predicted molar refractivity (Wildman–Crippen MR) is 68.0 cm³/mol. The van der Waals surface area contributed by atoms with E-state index in [4.69, 9.17) is 10.3 Å². The summed E-state index contributed by atoms with van der Waals surface area (Å²) in [5.74, 6) is 2.89. The van der Waals surface area contributed by atoms with Gasteiger partial charge in [0.15, 0.2) is 5.82 Å². The Hall–Kier alpha value is -1.69. The Balaban J connectivity index is 1.56. The molecule has 2 aromatic rings. The van der Waals surface area contributed by atoms with Gasteiger partial charge in [0.1, 0.15) is 11.5 Å². The van der Waals surface area contributed by atoms with Crippen molar-refractivity contribution in [1.82, 2.24) is 20.1 Å². The van der Waals surface area contributed by atoms with Gasteiger partial charge in [-0.25, -0.2) is 4.98 Å². The highest BCUT2D eigenvalue weighted by molar-refractivity contribution is 5.45. The van der Waals surface area contributed by atoms with E-state index in [0.29, 0.717) is 5.89 Å². The number of nitrogens with one attached hydrogen (secondary N) is 1. The Morgan fingerprint density at radius 3 is 2.95 bits per heavy atom. The minimum atomic E-state index is -0.283. The molecule has 0 unspecified atom stereocenters. The topological polar surface area (TPSA) is 93.6 Å². The first-order chi connectivity index (χ1) is 9.23. The zero-order valence-corrected chi connectivity index (χ0v) is 10.7. The molecule has 0 aromatic carbocycles. The highest BCUT2D eigenvalue weighted by atomic mass is 16.5. The standard InChI is InChI=1S/C13H17N5O/c14-13(4-1-5-13)12-15-7-9(16-12)11-17-10(18-19-11)6-8-2-3-8/h7-8H,1-6,14H2,(H,15,16). The quantitative estimate of drug-likeness (QED) is 0.872. The Morgan fingerprint density at radius 1 is 1.42 bits per heavy atom. The van der Waals surface area contributed by atoms with Gasteiger partial charge in [-0.3, -0.25) is 0 Å². The molecule has 0 radical (unpaired) electrons. The lowest BCUT2D eigenvalue weighted by Crippen LogP contribution is -2.44. The number of rotatable bonds is 4. The van der Waals surface area contributed by atoms with Gasteiger partial charge < -0.3 is 15.2 Å². The summed E-state index contributed by atoms with van der Waals surface area (Å²) in [6.45, 7) is 0. The number of aromatic amines is 1. The molecule has 2 aliphatic carbocycles. The van der Waals surface area contributed by atoms with E-state index in [2.05, 4.69) is 20.1 Å². The second-order valence-electron chi connectivity index (χ2n) is 5.82. The van der Waals surface area contributed by atoms with Crippen LogP contribution in [-0.4, -0.2) is 20.1 Å². The average Bonchev–Trinajstić information content (AvgIpc) is 2.88. The van der Waals surface area contributed by atoms with Gasteiger partial charge in [0, 0.05) is 6.42 Å². The van der Waals surface area contributed by atoms with Crippen LogP contribution in [0, 0.1) is 5.92 Å². The van der Waals surface area contributed by atoms with Crippen LogP contribution in [0.1, 0.15) is 43.8 Å². The molecular formula is C13H17N5O. The second-order valence-corrected chi connectivity index (χ2v) is 5.82. The zero-order chi connectivity index (χ0) is 12.9. The number of imidazole rings is 1. The summed E-state index contributed by atoms with van der Waals surface area (Å²) >= 11 is 0. The van der Waals surface area contributed by atoms with Gasteiger partial charge in [0.05, 0.1) is 11.7 Å². The van der Waals surface area contributed by atoms with Gasteiger partial charge >= 0.3 is 0 Å². The molecule has 4 rings (SSSR count). The molecular weight excluding hydrogens is 242 g/mol. The molecule has 0 aliphatic heterocycles. The van der Waals surface area contributed by atoms with Crippen LogP contribution in [0.5, 0.6) is 0 Å². The van der Waals surface area contributed by atoms with E-state index < -0.39 is 0 Å². The summed E-state index contributed by atoms with van der Waals surface area (Å²) in [6, 6.07) is 0. The van der Waals surface area contributed by atoms with Crippen LogP contribution in [0.2, 0.25) is 0 Å². The Bertz CT molecular complexity index is 594. The largest absolute Gasteiger partial charge is 0.336 e. The molecule has 2 heterocycles. The molecule has 2 fully saturated rings. The molecule has 0 atom stereocenters. The molecule has 6 nitrogen and oxygen atoms in total. The fraction of sp³-hybridized carbons (Fsp3) is 0.615. The summed E-state index contributed by atoms with van der Waals surface area (Å²) in [4.78, 5) is 12.0. The molecule has 6 heteroatoms. The maximum Gasteiger partial charge on any atom is 0.275 e. The minimum absolute atomic E-state index is 0.283. The Morgan fingerprint density at radius 2 is 2.26 bits per heavy atom. The fourth-order valence-corrected chi connectivity index (χ4v) is 2.50. The predicted octanol–water partition coefficient (Wildman–Crippen LogP) is 1.75. The highest BCUT2D eigenvalue weighted by Crippen LogP contribution is 2.37. The summed E-state index contributed by atoms with van der Waals surface area (Å²) < 4.78 is 5.28. The van der Waals surface area contributed by atoms with Crippen molar-refractivity contribution < 1.29 is 4.52 Å². The zero-order valence-electron chi connectivity index (χ0n) is 10.7. The van der Waals surface area contributed by atoms with Gasteiger partial charge in [-0.15, -0.1) is 0 Å². The van der Waals surface area contributed by atoms with Crippen molar-refractivity contribution >= 4 is 0 Å². The maximum atomic E-state index is 6.23. The second kappa shape index (κ2) is 3.90. The molecule has 2 aromatic heterocycles. The van der Waals surface area contributed by atoms with Crippen molar-refractivity contribution in [2.75, 3.05) is 0 Å². The van der Waals surface area contributed by atoms with Crippen molar-refractivity contribution in [2.45, 2.75) is 44.1 Å². The SMILES string of the molecule is NC1(c2ncc(-c3nc(CC4CC4)no3)[nH]2)CCC1. The lowest BCUT2D eigenvalue weighted by molar-refractivity contribution is 0.240. The monoisotopic (exact) mass is 259 g/mol. The Kier molecular flexibility index (Phi) is 2.29.